The highest BCUT2D eigenvalue weighted by Gasteiger charge is 2.31. The molecular formula is C17H23N3O3. The Kier molecular flexibility index (Phi) is 5.73. The van der Waals surface area contributed by atoms with E-state index in [-0.39, 0.29) is 24.3 Å². The number of aryl methyl sites for hydroxylation is 1. The van der Waals surface area contributed by atoms with Crippen LogP contribution in [0.4, 0.5) is 5.69 Å². The zero-order valence-corrected chi connectivity index (χ0v) is 13.6. The second-order valence-corrected chi connectivity index (χ2v) is 5.78. The van der Waals surface area contributed by atoms with Gasteiger partial charge in [0.1, 0.15) is 6.04 Å². The molecule has 23 heavy (non-hydrogen) atoms. The summed E-state index contributed by atoms with van der Waals surface area (Å²) < 4.78 is 0. The molecule has 6 heteroatoms. The zero-order chi connectivity index (χ0) is 16.8. The van der Waals surface area contributed by atoms with Gasteiger partial charge in [-0.1, -0.05) is 25.1 Å². The molecule has 3 amide bonds. The first kappa shape index (κ1) is 17.0. The Balaban J connectivity index is 1.98. The highest BCUT2D eigenvalue weighted by Crippen LogP contribution is 2.14. The predicted molar refractivity (Wildman–Crippen MR) is 87.8 cm³/mol. The lowest BCUT2D eigenvalue weighted by atomic mass is 10.2. The van der Waals surface area contributed by atoms with Crippen molar-refractivity contribution in [3.05, 3.63) is 29.8 Å². The first-order valence-electron chi connectivity index (χ1n) is 7.95. The van der Waals surface area contributed by atoms with Crippen LogP contribution >= 0.6 is 0 Å². The van der Waals surface area contributed by atoms with Crippen LogP contribution in [0, 0.1) is 6.92 Å². The van der Waals surface area contributed by atoms with E-state index in [1.807, 2.05) is 38.1 Å². The number of carbonyl (C=O) groups excluding carboxylic acids is 3. The Bertz CT molecular complexity index is 601. The van der Waals surface area contributed by atoms with Gasteiger partial charge in [-0.2, -0.15) is 0 Å². The number of nitrogens with one attached hydrogen (secondary N) is 2. The summed E-state index contributed by atoms with van der Waals surface area (Å²) in [7, 11) is 0. The third kappa shape index (κ3) is 4.55. The van der Waals surface area contributed by atoms with Crippen LogP contribution in [0.25, 0.3) is 0 Å². The number of anilines is 1. The third-order valence-electron chi connectivity index (χ3n) is 3.85. The van der Waals surface area contributed by atoms with Crippen molar-refractivity contribution in [2.24, 2.45) is 0 Å². The summed E-state index contributed by atoms with van der Waals surface area (Å²) in [4.78, 5) is 37.5. The van der Waals surface area contributed by atoms with Gasteiger partial charge in [0.2, 0.25) is 17.7 Å². The minimum Gasteiger partial charge on any atom is -0.344 e. The first-order chi connectivity index (χ1) is 11.0. The summed E-state index contributed by atoms with van der Waals surface area (Å²) in [5, 5.41) is 5.50. The van der Waals surface area contributed by atoms with Gasteiger partial charge in [0.15, 0.2) is 0 Å². The lowest BCUT2D eigenvalue weighted by Crippen LogP contribution is -2.47. The van der Waals surface area contributed by atoms with Crippen molar-refractivity contribution in [2.45, 2.75) is 39.2 Å². The maximum atomic E-state index is 12.5. The average Bonchev–Trinajstić information content (AvgIpc) is 2.95. The Labute approximate surface area is 136 Å². The van der Waals surface area contributed by atoms with Crippen molar-refractivity contribution in [3.63, 3.8) is 0 Å². The topological polar surface area (TPSA) is 78.5 Å². The molecule has 0 saturated carbocycles. The smallest absolute Gasteiger partial charge is 0.245 e. The maximum absolute atomic E-state index is 12.5. The highest BCUT2D eigenvalue weighted by molar-refractivity contribution is 5.97. The van der Waals surface area contributed by atoms with Crippen LogP contribution in [0.3, 0.4) is 0 Å². The van der Waals surface area contributed by atoms with Crippen molar-refractivity contribution >= 4 is 23.4 Å². The summed E-state index contributed by atoms with van der Waals surface area (Å²) in [6.45, 7) is 4.35. The molecule has 2 rings (SSSR count). The molecule has 1 unspecified atom stereocenters. The molecule has 1 atom stereocenters. The average molecular weight is 317 g/mol. The summed E-state index contributed by atoms with van der Waals surface area (Å²) in [5.74, 6) is -0.521. The second kappa shape index (κ2) is 7.76. The second-order valence-electron chi connectivity index (χ2n) is 5.78. The fourth-order valence-electron chi connectivity index (χ4n) is 2.63. The quantitative estimate of drug-likeness (QED) is 0.833. The molecule has 1 aromatic carbocycles. The number of rotatable bonds is 6. The van der Waals surface area contributed by atoms with Gasteiger partial charge in [0.05, 0.1) is 6.54 Å². The largest absolute Gasteiger partial charge is 0.344 e. The van der Waals surface area contributed by atoms with E-state index in [2.05, 4.69) is 10.6 Å². The number of hydrogen-bond donors (Lipinski definition) is 2. The molecule has 1 aliphatic heterocycles. The Hall–Kier alpha value is -2.37. The predicted octanol–water partition coefficient (Wildman–Crippen LogP) is 1.45. The van der Waals surface area contributed by atoms with E-state index in [0.29, 0.717) is 19.4 Å². The zero-order valence-electron chi connectivity index (χ0n) is 13.6. The van der Waals surface area contributed by atoms with Gasteiger partial charge >= 0.3 is 0 Å². The van der Waals surface area contributed by atoms with E-state index in [1.54, 1.807) is 0 Å². The fraction of sp³-hybridized carbons (Fsp3) is 0.471. The highest BCUT2D eigenvalue weighted by atomic mass is 16.2. The molecular weight excluding hydrogens is 294 g/mol. The molecule has 1 fully saturated rings. The van der Waals surface area contributed by atoms with Gasteiger partial charge in [-0.15, -0.1) is 0 Å². The molecule has 1 aromatic rings. The van der Waals surface area contributed by atoms with Crippen LogP contribution in [0.5, 0.6) is 0 Å². The maximum Gasteiger partial charge on any atom is 0.245 e. The van der Waals surface area contributed by atoms with Gasteiger partial charge in [-0.05, 0) is 31.4 Å². The van der Waals surface area contributed by atoms with E-state index >= 15 is 0 Å². The van der Waals surface area contributed by atoms with Crippen LogP contribution in [-0.2, 0) is 14.4 Å². The first-order valence-corrected chi connectivity index (χ1v) is 7.95. The Morgan fingerprint density at radius 1 is 1.35 bits per heavy atom. The van der Waals surface area contributed by atoms with Crippen molar-refractivity contribution < 1.29 is 14.4 Å². The minimum absolute atomic E-state index is 0.00657. The van der Waals surface area contributed by atoms with Crippen molar-refractivity contribution in [2.75, 3.05) is 18.4 Å². The standard InChI is InChI=1S/C17H23N3O3/c1-3-10-20(17(23)14-8-9-15(21)19-14)11-16(22)18-13-7-5-4-6-12(13)2/h4-7,14H,3,8-11H2,1-2H3,(H,18,22)(H,19,21). The molecule has 6 nitrogen and oxygen atoms in total. The molecule has 1 aliphatic rings. The lowest BCUT2D eigenvalue weighted by Gasteiger charge is -2.24. The van der Waals surface area contributed by atoms with Crippen molar-refractivity contribution in [1.82, 2.24) is 10.2 Å². The van der Waals surface area contributed by atoms with E-state index in [1.165, 1.54) is 4.90 Å². The normalized spacial score (nSPS) is 16.8. The summed E-state index contributed by atoms with van der Waals surface area (Å²) in [5.41, 5.74) is 1.72. The molecule has 1 heterocycles. The molecule has 0 spiro atoms. The molecule has 124 valence electrons. The van der Waals surface area contributed by atoms with Gasteiger partial charge in [0.25, 0.3) is 0 Å². The van der Waals surface area contributed by atoms with Crippen LogP contribution in [-0.4, -0.2) is 41.8 Å². The molecule has 1 saturated heterocycles. The van der Waals surface area contributed by atoms with Gasteiger partial charge < -0.3 is 15.5 Å². The summed E-state index contributed by atoms with van der Waals surface area (Å²) in [6.07, 6.45) is 1.62. The van der Waals surface area contributed by atoms with Gasteiger partial charge in [-0.25, -0.2) is 0 Å². The Morgan fingerprint density at radius 2 is 2.09 bits per heavy atom. The van der Waals surface area contributed by atoms with Gasteiger partial charge in [0, 0.05) is 18.7 Å². The summed E-state index contributed by atoms with van der Waals surface area (Å²) in [6, 6.07) is 7.00. The van der Waals surface area contributed by atoms with Crippen LogP contribution < -0.4 is 10.6 Å². The number of nitrogens with zero attached hydrogens (tertiary/aromatic N) is 1. The van der Waals surface area contributed by atoms with Crippen LogP contribution in [0.1, 0.15) is 31.7 Å². The molecule has 0 aliphatic carbocycles. The van der Waals surface area contributed by atoms with Gasteiger partial charge in [-0.3, -0.25) is 14.4 Å². The number of carbonyl (C=O) groups is 3. The molecule has 0 radical (unpaired) electrons. The molecule has 0 aromatic heterocycles. The Morgan fingerprint density at radius 3 is 2.70 bits per heavy atom. The fourth-order valence-corrected chi connectivity index (χ4v) is 2.63. The van der Waals surface area contributed by atoms with E-state index in [9.17, 15) is 14.4 Å². The minimum atomic E-state index is -0.500. The SMILES string of the molecule is CCCN(CC(=O)Nc1ccccc1C)C(=O)C1CCC(=O)N1. The molecule has 0 bridgehead atoms. The number of hydrogen-bond acceptors (Lipinski definition) is 3. The lowest BCUT2D eigenvalue weighted by molar-refractivity contribution is -0.137. The van der Waals surface area contributed by atoms with Crippen LogP contribution in [0.15, 0.2) is 24.3 Å². The van der Waals surface area contributed by atoms with E-state index < -0.39 is 6.04 Å². The summed E-state index contributed by atoms with van der Waals surface area (Å²) >= 11 is 0. The molecule has 2 N–H and O–H groups in total. The van der Waals surface area contributed by atoms with Crippen molar-refractivity contribution in [1.29, 1.82) is 0 Å². The van der Waals surface area contributed by atoms with Crippen LogP contribution in [0.2, 0.25) is 0 Å². The number of amides is 3. The monoisotopic (exact) mass is 317 g/mol. The number of benzene rings is 1. The number of para-hydroxylation sites is 1. The van der Waals surface area contributed by atoms with Crippen molar-refractivity contribution in [3.8, 4) is 0 Å². The van der Waals surface area contributed by atoms with E-state index in [4.69, 9.17) is 0 Å². The third-order valence-corrected chi connectivity index (χ3v) is 3.85. The van der Waals surface area contributed by atoms with E-state index in [0.717, 1.165) is 17.7 Å².